The maximum Gasteiger partial charge on any atom is 0.177 e. The number of hydrogen-bond acceptors (Lipinski definition) is 4. The summed E-state index contributed by atoms with van der Waals surface area (Å²) in [7, 11) is 0. The number of nitrogens with zero attached hydrogens (tertiary/aromatic N) is 3. The molecule has 0 aliphatic rings. The van der Waals surface area contributed by atoms with Crippen molar-refractivity contribution in [2.75, 3.05) is 0 Å². The largest absolute Gasteiger partial charge is 0.497 e. The molecule has 6 heteroatoms. The number of furan rings is 2. The number of pyridine rings is 1. The number of hydrogen-bond donors (Lipinski definition) is 0. The average Bonchev–Trinajstić information content (AvgIpc) is 4.00. The summed E-state index contributed by atoms with van der Waals surface area (Å²) in [5, 5.41) is 4.17. The van der Waals surface area contributed by atoms with Crippen LogP contribution < -0.4 is 0 Å². The minimum Gasteiger partial charge on any atom is -0.497 e. The molecule has 4 heterocycles. The zero-order valence-corrected chi connectivity index (χ0v) is 40.5. The fraction of sp³-hybridized carbons (Fsp3) is 0.186. The van der Waals surface area contributed by atoms with Crippen LogP contribution in [0.2, 0.25) is 0 Å². The van der Waals surface area contributed by atoms with Crippen LogP contribution in [0.25, 0.3) is 94.4 Å². The predicted molar refractivity (Wildman–Crippen MR) is 265 cm³/mol. The monoisotopic (exact) mass is 1030 g/mol. The van der Waals surface area contributed by atoms with Gasteiger partial charge in [-0.1, -0.05) is 126 Å². The van der Waals surface area contributed by atoms with E-state index < -0.39 is 0 Å². The van der Waals surface area contributed by atoms with E-state index in [-0.39, 0.29) is 37.4 Å². The molecular formula is C59H51IrN3O2-2. The summed E-state index contributed by atoms with van der Waals surface area (Å²) in [4.78, 5) is 9.76. The molecule has 0 saturated heterocycles. The van der Waals surface area contributed by atoms with Gasteiger partial charge in [0.25, 0.3) is 0 Å². The molecule has 0 N–H and O–H groups in total. The molecule has 5 nitrogen and oxygen atoms in total. The Bertz CT molecular complexity index is 3470. The second kappa shape index (κ2) is 17.4. The van der Waals surface area contributed by atoms with Crippen molar-refractivity contribution in [3.8, 4) is 39.5 Å². The minimum atomic E-state index is 0. The van der Waals surface area contributed by atoms with Gasteiger partial charge in [-0.25, -0.2) is 0 Å². The summed E-state index contributed by atoms with van der Waals surface area (Å²) in [6.07, 6.45) is 1.87. The second-order valence-corrected chi connectivity index (χ2v) is 18.5. The summed E-state index contributed by atoms with van der Waals surface area (Å²) < 4.78 is 15.6. The number of rotatable bonds is 6. The van der Waals surface area contributed by atoms with E-state index in [4.69, 9.17) is 13.8 Å². The predicted octanol–water partition coefficient (Wildman–Crippen LogP) is 16.4. The quantitative estimate of drug-likeness (QED) is 0.156. The standard InChI is InChI=1S/C44H35N2O2.C15H16N.Ir/c1-25(2)35-23-29(28-12-7-6-8-13-28)24-36(26(3)4)40(35)46-38-21-18-27(5)22-37(38)45-44(46)34-16-11-15-31-33-20-19-32-30-14-9-10-17-39(30)47-42(32)43(33)48-41(31)34;1-15(2,3)13-9-10-16-14(11-13)12-7-5-4-6-8-12;/h6-15,17-26H,1-5H3;4-7,9-11H,1-3H3;/q2*-1;. The summed E-state index contributed by atoms with van der Waals surface area (Å²) in [5.41, 5.74) is 16.8. The van der Waals surface area contributed by atoms with E-state index >= 15 is 0 Å². The van der Waals surface area contributed by atoms with Crippen molar-refractivity contribution in [2.24, 2.45) is 0 Å². The molecule has 0 atom stereocenters. The number of aryl methyl sites for hydroxylation is 1. The third-order valence-corrected chi connectivity index (χ3v) is 12.3. The van der Waals surface area contributed by atoms with Gasteiger partial charge in [0.05, 0.1) is 22.4 Å². The van der Waals surface area contributed by atoms with Crippen molar-refractivity contribution in [1.29, 1.82) is 0 Å². The van der Waals surface area contributed by atoms with Crippen LogP contribution in [0, 0.1) is 19.1 Å². The maximum atomic E-state index is 6.85. The Hall–Kier alpha value is -6.59. The number of fused-ring (bicyclic) bond motifs is 8. The van der Waals surface area contributed by atoms with Crippen LogP contribution in [0.4, 0.5) is 0 Å². The molecule has 0 aliphatic heterocycles. The van der Waals surface area contributed by atoms with E-state index in [0.717, 1.165) is 77.6 Å². The SMILES string of the molecule is CC(C)(C)c1ccnc(-c2[c-]cccc2)c1.Cc1ccc2c(c1)nc(-c1[c-]ccc3c1oc1c3ccc3c4ccccc4oc31)n2-c1c(C(C)C)cc(-c2ccccc2)cc1C(C)C.[Ir]. The third-order valence-electron chi connectivity index (χ3n) is 12.3. The molecule has 0 unspecified atom stereocenters. The van der Waals surface area contributed by atoms with Crippen molar-refractivity contribution in [3.05, 3.63) is 186 Å². The van der Waals surface area contributed by atoms with E-state index in [9.17, 15) is 0 Å². The van der Waals surface area contributed by atoms with Crippen LogP contribution >= 0.6 is 0 Å². The van der Waals surface area contributed by atoms with Crippen LogP contribution in [-0.2, 0) is 25.5 Å². The van der Waals surface area contributed by atoms with Crippen molar-refractivity contribution in [1.82, 2.24) is 14.5 Å². The van der Waals surface area contributed by atoms with E-state index in [1.807, 2.05) is 54.7 Å². The Morgan fingerprint density at radius 3 is 1.98 bits per heavy atom. The molecule has 0 amide bonds. The van der Waals surface area contributed by atoms with Crippen molar-refractivity contribution in [2.45, 2.75) is 72.6 Å². The van der Waals surface area contributed by atoms with E-state index in [1.165, 1.54) is 39.1 Å². The third kappa shape index (κ3) is 8.00. The molecule has 11 aromatic rings. The fourth-order valence-electron chi connectivity index (χ4n) is 8.95. The number of aromatic nitrogens is 3. The molecule has 0 bridgehead atoms. The van der Waals surface area contributed by atoms with E-state index in [1.54, 1.807) is 0 Å². The molecule has 11 rings (SSSR count). The van der Waals surface area contributed by atoms with Gasteiger partial charge < -0.3 is 18.4 Å². The first-order valence-corrected chi connectivity index (χ1v) is 22.3. The second-order valence-electron chi connectivity index (χ2n) is 18.5. The zero-order chi connectivity index (χ0) is 44.3. The molecule has 325 valence electrons. The summed E-state index contributed by atoms with van der Waals surface area (Å²) in [5.74, 6) is 1.35. The average molecular weight is 1030 g/mol. The minimum absolute atomic E-state index is 0. The van der Waals surface area contributed by atoms with E-state index in [2.05, 4.69) is 174 Å². The summed E-state index contributed by atoms with van der Waals surface area (Å²) in [6, 6.07) is 57.4. The Morgan fingerprint density at radius 1 is 0.600 bits per heavy atom. The van der Waals surface area contributed by atoms with Crippen LogP contribution in [0.1, 0.15) is 82.6 Å². The van der Waals surface area contributed by atoms with Crippen LogP contribution in [0.5, 0.6) is 0 Å². The molecule has 1 radical (unpaired) electrons. The van der Waals surface area contributed by atoms with Crippen LogP contribution in [0.3, 0.4) is 0 Å². The molecule has 0 spiro atoms. The zero-order valence-electron chi connectivity index (χ0n) is 38.1. The van der Waals surface area contributed by atoms with Gasteiger partial charge in [0.2, 0.25) is 0 Å². The van der Waals surface area contributed by atoms with Crippen molar-refractivity contribution in [3.63, 3.8) is 0 Å². The first-order chi connectivity index (χ1) is 30.9. The first-order valence-electron chi connectivity index (χ1n) is 22.3. The maximum absolute atomic E-state index is 6.85. The van der Waals surface area contributed by atoms with Crippen molar-refractivity contribution >= 4 is 54.9 Å². The molecule has 4 aromatic heterocycles. The molecule has 65 heavy (non-hydrogen) atoms. The van der Waals surface area contributed by atoms with Gasteiger partial charge in [-0.05, 0) is 106 Å². The molecular weight excluding hydrogens is 975 g/mol. The summed E-state index contributed by atoms with van der Waals surface area (Å²) in [6.45, 7) is 17.9. The van der Waals surface area contributed by atoms with Gasteiger partial charge in [-0.2, -0.15) is 0 Å². The topological polar surface area (TPSA) is 57.0 Å². The van der Waals surface area contributed by atoms with Gasteiger partial charge in [-0.3, -0.25) is 4.98 Å². The molecule has 0 aliphatic carbocycles. The Morgan fingerprint density at radius 2 is 1.28 bits per heavy atom. The first kappa shape index (κ1) is 43.7. The van der Waals surface area contributed by atoms with Crippen LogP contribution in [-0.4, -0.2) is 14.5 Å². The van der Waals surface area contributed by atoms with Gasteiger partial charge in [-0.15, -0.1) is 54.1 Å². The summed E-state index contributed by atoms with van der Waals surface area (Å²) >= 11 is 0. The van der Waals surface area contributed by atoms with Crippen molar-refractivity contribution < 1.29 is 28.9 Å². The Labute approximate surface area is 394 Å². The number of imidazole rings is 1. The smallest absolute Gasteiger partial charge is 0.177 e. The van der Waals surface area contributed by atoms with Gasteiger partial charge in [0.15, 0.2) is 11.2 Å². The van der Waals surface area contributed by atoms with Gasteiger partial charge >= 0.3 is 0 Å². The molecule has 0 fully saturated rings. The normalized spacial score (nSPS) is 11.8. The van der Waals surface area contributed by atoms with Crippen LogP contribution in [0.15, 0.2) is 161 Å². The number of benzene rings is 7. The molecule has 0 saturated carbocycles. The Balaban J connectivity index is 0.000000266. The Kier molecular flexibility index (Phi) is 11.7. The molecule has 7 aromatic carbocycles. The van der Waals surface area contributed by atoms with Gasteiger partial charge in [0.1, 0.15) is 5.58 Å². The fourth-order valence-corrected chi connectivity index (χ4v) is 8.95. The van der Waals surface area contributed by atoms with Gasteiger partial charge in [0, 0.05) is 48.1 Å². The number of para-hydroxylation sites is 1. The van der Waals surface area contributed by atoms with E-state index in [0.29, 0.717) is 0 Å².